The Morgan fingerprint density at radius 3 is 2.61 bits per heavy atom. The van der Waals surface area contributed by atoms with Gasteiger partial charge in [0.05, 0.1) is 11.6 Å². The van der Waals surface area contributed by atoms with E-state index in [-0.39, 0.29) is 30.5 Å². The van der Waals surface area contributed by atoms with Crippen molar-refractivity contribution < 1.29 is 14.0 Å². The maximum absolute atomic E-state index is 14.1. The molecule has 5 nitrogen and oxygen atoms in total. The molecule has 0 radical (unpaired) electrons. The van der Waals surface area contributed by atoms with Crippen molar-refractivity contribution in [3.63, 3.8) is 0 Å². The smallest absolute Gasteiger partial charge is 0.227 e. The number of piperidine rings is 1. The molecule has 2 saturated heterocycles. The fraction of sp³-hybridized carbons (Fsp3) is 0.440. The first kappa shape index (κ1) is 21.5. The van der Waals surface area contributed by atoms with Crippen LogP contribution in [0.2, 0.25) is 0 Å². The third-order valence-corrected chi connectivity index (χ3v) is 6.35. The van der Waals surface area contributed by atoms with Gasteiger partial charge in [-0.3, -0.25) is 14.5 Å². The standard InChI is InChI=1S/C25H30FN3O2/c1-18-7-6-12-28(15-18)16-20-9-3-2-8-19(20)14-27-25(31)21-13-24(30)29(17-21)23-11-5-4-10-22(23)26/h2-5,8-11,18,21H,6-7,12-17H2,1H3,(H,27,31). The molecule has 0 saturated carbocycles. The van der Waals surface area contributed by atoms with Gasteiger partial charge < -0.3 is 10.2 Å². The third kappa shape index (κ3) is 5.13. The second-order valence-electron chi connectivity index (χ2n) is 8.83. The molecule has 0 spiro atoms. The van der Waals surface area contributed by atoms with Crippen LogP contribution in [0.15, 0.2) is 48.5 Å². The number of halogens is 1. The summed E-state index contributed by atoms with van der Waals surface area (Å²) in [5.41, 5.74) is 2.57. The summed E-state index contributed by atoms with van der Waals surface area (Å²) in [5.74, 6) is -0.573. The molecule has 6 heteroatoms. The largest absolute Gasteiger partial charge is 0.352 e. The van der Waals surface area contributed by atoms with E-state index in [1.807, 2.05) is 12.1 Å². The minimum Gasteiger partial charge on any atom is -0.352 e. The highest BCUT2D eigenvalue weighted by Crippen LogP contribution is 2.27. The number of nitrogens with zero attached hydrogens (tertiary/aromatic N) is 2. The summed E-state index contributed by atoms with van der Waals surface area (Å²) < 4.78 is 14.1. The second-order valence-corrected chi connectivity index (χ2v) is 8.83. The van der Waals surface area contributed by atoms with Crippen molar-refractivity contribution in [2.24, 2.45) is 11.8 Å². The average molecular weight is 424 g/mol. The number of benzene rings is 2. The first-order valence-corrected chi connectivity index (χ1v) is 11.1. The van der Waals surface area contributed by atoms with Crippen molar-refractivity contribution in [1.29, 1.82) is 0 Å². The minimum atomic E-state index is -0.470. The van der Waals surface area contributed by atoms with Crippen LogP contribution in [0.1, 0.15) is 37.3 Å². The summed E-state index contributed by atoms with van der Waals surface area (Å²) in [6, 6.07) is 14.4. The minimum absolute atomic E-state index is 0.105. The molecule has 2 unspecified atom stereocenters. The van der Waals surface area contributed by atoms with E-state index in [1.165, 1.54) is 29.4 Å². The van der Waals surface area contributed by atoms with Gasteiger partial charge in [0.25, 0.3) is 0 Å². The summed E-state index contributed by atoms with van der Waals surface area (Å²) in [7, 11) is 0. The molecule has 2 aliphatic heterocycles. The van der Waals surface area contributed by atoms with Gasteiger partial charge >= 0.3 is 0 Å². The normalized spacial score (nSPS) is 22.0. The molecular formula is C25H30FN3O2. The fourth-order valence-corrected chi connectivity index (χ4v) is 4.67. The molecule has 1 N–H and O–H groups in total. The van der Waals surface area contributed by atoms with Crippen LogP contribution in [0.25, 0.3) is 0 Å². The summed E-state index contributed by atoms with van der Waals surface area (Å²) in [5, 5.41) is 3.00. The van der Waals surface area contributed by atoms with Gasteiger partial charge in [-0.25, -0.2) is 4.39 Å². The molecule has 2 aromatic carbocycles. The summed E-state index contributed by atoms with van der Waals surface area (Å²) in [6.45, 7) is 6.05. The van der Waals surface area contributed by atoms with Crippen molar-refractivity contribution in [2.45, 2.75) is 39.3 Å². The van der Waals surface area contributed by atoms with E-state index in [9.17, 15) is 14.0 Å². The molecule has 2 fully saturated rings. The zero-order valence-corrected chi connectivity index (χ0v) is 18.0. The van der Waals surface area contributed by atoms with Gasteiger partial charge in [0, 0.05) is 32.6 Å². The monoisotopic (exact) mass is 423 g/mol. The second kappa shape index (κ2) is 9.60. The number of anilines is 1. The summed E-state index contributed by atoms with van der Waals surface area (Å²) >= 11 is 0. The highest BCUT2D eigenvalue weighted by atomic mass is 19.1. The number of rotatable bonds is 6. The van der Waals surface area contributed by atoms with Crippen LogP contribution < -0.4 is 10.2 Å². The molecule has 2 atom stereocenters. The Hall–Kier alpha value is -2.73. The number of hydrogen-bond acceptors (Lipinski definition) is 3. The quantitative estimate of drug-likeness (QED) is 0.770. The molecule has 2 aliphatic rings. The van der Waals surface area contributed by atoms with Crippen molar-refractivity contribution in [1.82, 2.24) is 10.2 Å². The summed E-state index contributed by atoms with van der Waals surface area (Å²) in [6.07, 6.45) is 2.62. The molecule has 0 aliphatic carbocycles. The zero-order valence-electron chi connectivity index (χ0n) is 18.0. The lowest BCUT2D eigenvalue weighted by atomic mass is 9.99. The predicted molar refractivity (Wildman–Crippen MR) is 119 cm³/mol. The van der Waals surface area contributed by atoms with Crippen molar-refractivity contribution in [2.75, 3.05) is 24.5 Å². The third-order valence-electron chi connectivity index (χ3n) is 6.35. The lowest BCUT2D eigenvalue weighted by molar-refractivity contribution is -0.126. The number of amides is 2. The number of nitrogens with one attached hydrogen (secondary N) is 1. The van der Waals surface area contributed by atoms with E-state index in [2.05, 4.69) is 29.3 Å². The zero-order chi connectivity index (χ0) is 21.8. The summed E-state index contributed by atoms with van der Waals surface area (Å²) in [4.78, 5) is 29.0. The highest BCUT2D eigenvalue weighted by molar-refractivity contribution is 6.00. The van der Waals surface area contributed by atoms with E-state index in [0.29, 0.717) is 6.54 Å². The Morgan fingerprint density at radius 2 is 1.84 bits per heavy atom. The number of likely N-dealkylation sites (tertiary alicyclic amines) is 1. The topological polar surface area (TPSA) is 52.7 Å². The highest BCUT2D eigenvalue weighted by Gasteiger charge is 2.36. The molecular weight excluding hydrogens is 393 g/mol. The number of carbonyl (C=O) groups is 2. The Kier molecular flexibility index (Phi) is 6.66. The van der Waals surface area contributed by atoms with E-state index in [4.69, 9.17) is 0 Å². The van der Waals surface area contributed by atoms with Crippen LogP contribution in [0.3, 0.4) is 0 Å². The van der Waals surface area contributed by atoms with Gasteiger partial charge in [0.2, 0.25) is 11.8 Å². The van der Waals surface area contributed by atoms with Gasteiger partial charge in [-0.05, 0) is 48.6 Å². The maximum Gasteiger partial charge on any atom is 0.227 e. The fourth-order valence-electron chi connectivity index (χ4n) is 4.67. The van der Waals surface area contributed by atoms with Gasteiger partial charge in [-0.2, -0.15) is 0 Å². The van der Waals surface area contributed by atoms with Gasteiger partial charge in [0.1, 0.15) is 5.82 Å². The van der Waals surface area contributed by atoms with Crippen molar-refractivity contribution in [3.05, 3.63) is 65.5 Å². The lowest BCUT2D eigenvalue weighted by Gasteiger charge is -2.31. The molecule has 2 aromatic rings. The molecule has 31 heavy (non-hydrogen) atoms. The van der Waals surface area contributed by atoms with Crippen LogP contribution in [0.5, 0.6) is 0 Å². The lowest BCUT2D eigenvalue weighted by Crippen LogP contribution is -2.35. The SMILES string of the molecule is CC1CCCN(Cc2ccccc2CNC(=O)C2CC(=O)N(c3ccccc3F)C2)C1. The molecule has 0 aromatic heterocycles. The first-order valence-electron chi connectivity index (χ1n) is 11.1. The molecule has 2 amide bonds. The van der Waals surface area contributed by atoms with Crippen LogP contribution >= 0.6 is 0 Å². The van der Waals surface area contributed by atoms with Crippen LogP contribution in [0, 0.1) is 17.7 Å². The van der Waals surface area contributed by atoms with Crippen LogP contribution in [0.4, 0.5) is 10.1 Å². The van der Waals surface area contributed by atoms with Gasteiger partial charge in [-0.1, -0.05) is 43.3 Å². The Bertz CT molecular complexity index is 948. The van der Waals surface area contributed by atoms with Crippen molar-refractivity contribution >= 4 is 17.5 Å². The Labute approximate surface area is 183 Å². The average Bonchev–Trinajstić information content (AvgIpc) is 3.15. The van der Waals surface area contributed by atoms with E-state index in [1.54, 1.807) is 18.2 Å². The Balaban J connectivity index is 1.36. The van der Waals surface area contributed by atoms with Gasteiger partial charge in [0.15, 0.2) is 0 Å². The van der Waals surface area contributed by atoms with Crippen LogP contribution in [-0.4, -0.2) is 36.3 Å². The van der Waals surface area contributed by atoms with Gasteiger partial charge in [-0.15, -0.1) is 0 Å². The number of carbonyl (C=O) groups excluding carboxylic acids is 2. The Morgan fingerprint density at radius 1 is 1.10 bits per heavy atom. The number of hydrogen-bond donors (Lipinski definition) is 1. The number of para-hydroxylation sites is 1. The van der Waals surface area contributed by atoms with Crippen molar-refractivity contribution in [3.8, 4) is 0 Å². The van der Waals surface area contributed by atoms with Crippen LogP contribution in [-0.2, 0) is 22.7 Å². The van der Waals surface area contributed by atoms with E-state index >= 15 is 0 Å². The van der Waals surface area contributed by atoms with E-state index in [0.717, 1.165) is 31.1 Å². The molecule has 4 rings (SSSR count). The molecule has 2 heterocycles. The predicted octanol–water partition coefficient (Wildman–Crippen LogP) is 3.73. The molecule has 0 bridgehead atoms. The van der Waals surface area contributed by atoms with E-state index < -0.39 is 11.7 Å². The molecule has 164 valence electrons. The first-order chi connectivity index (χ1) is 15.0. The maximum atomic E-state index is 14.1.